The van der Waals surface area contributed by atoms with E-state index in [1.165, 1.54) is 0 Å². The number of ketones is 1. The van der Waals surface area contributed by atoms with Crippen LogP contribution in [0.1, 0.15) is 56.8 Å². The van der Waals surface area contributed by atoms with Crippen molar-refractivity contribution in [3.63, 3.8) is 0 Å². The van der Waals surface area contributed by atoms with Crippen LogP contribution < -0.4 is 16.4 Å². The Labute approximate surface area is 208 Å². The van der Waals surface area contributed by atoms with E-state index < -0.39 is 54.0 Å². The third-order valence-corrected chi connectivity index (χ3v) is 4.97. The molecular weight excluding hydrogens is 472 g/mol. The minimum Gasteiger partial charge on any atom is -0.480 e. The van der Waals surface area contributed by atoms with Crippen LogP contribution in [-0.4, -0.2) is 50.7 Å². The molecule has 12 nitrogen and oxygen atoms in total. The van der Waals surface area contributed by atoms with Crippen LogP contribution in [0.2, 0.25) is 0 Å². The van der Waals surface area contributed by atoms with Gasteiger partial charge in [0.15, 0.2) is 0 Å². The number of alkyl carbamates (subject to hydrolysis) is 1. The van der Waals surface area contributed by atoms with Crippen molar-refractivity contribution in [2.24, 2.45) is 11.8 Å². The third-order valence-electron chi connectivity index (χ3n) is 4.97. The number of Topliss-reactive ketones (excluding diaryl/α,β-unsaturated/α-hetero) is 1. The second-order valence-corrected chi connectivity index (χ2v) is 9.17. The monoisotopic (exact) mass is 504 g/mol. The SMILES string of the molecule is CC(C)C[C@H](NC(=O)OCc1ccccc1)C(=O)N[C@@H](CC(C)C)C(=O)c1nn(CC(=O)O)c(=O)o1. The molecule has 1 aromatic heterocycles. The van der Waals surface area contributed by atoms with Crippen LogP contribution in [0.4, 0.5) is 4.79 Å². The molecule has 0 bridgehead atoms. The number of benzene rings is 1. The van der Waals surface area contributed by atoms with Crippen molar-refractivity contribution in [2.45, 2.75) is 65.8 Å². The highest BCUT2D eigenvalue weighted by atomic mass is 16.5. The predicted octanol–water partition coefficient (Wildman–Crippen LogP) is 1.98. The number of hydrogen-bond donors (Lipinski definition) is 3. The quantitative estimate of drug-likeness (QED) is 0.345. The van der Waals surface area contributed by atoms with Gasteiger partial charge in [-0.25, -0.2) is 9.59 Å². The number of rotatable bonds is 13. The molecule has 0 radical (unpaired) electrons. The summed E-state index contributed by atoms with van der Waals surface area (Å²) in [4.78, 5) is 61.2. The second kappa shape index (κ2) is 13.2. The van der Waals surface area contributed by atoms with Crippen LogP contribution in [0.15, 0.2) is 39.5 Å². The molecular formula is C24H32N4O8. The van der Waals surface area contributed by atoms with Gasteiger partial charge in [-0.05, 0) is 30.2 Å². The second-order valence-electron chi connectivity index (χ2n) is 9.17. The van der Waals surface area contributed by atoms with Crippen molar-refractivity contribution in [1.29, 1.82) is 0 Å². The number of carboxylic acids is 1. The fourth-order valence-electron chi connectivity index (χ4n) is 3.37. The van der Waals surface area contributed by atoms with Gasteiger partial charge in [0, 0.05) is 0 Å². The largest absolute Gasteiger partial charge is 0.480 e. The molecule has 2 rings (SSSR count). The molecule has 3 N–H and O–H groups in total. The van der Waals surface area contributed by atoms with Gasteiger partial charge in [-0.15, -0.1) is 5.10 Å². The van der Waals surface area contributed by atoms with Crippen LogP contribution in [0.3, 0.4) is 0 Å². The normalized spacial score (nSPS) is 12.7. The molecule has 1 heterocycles. The van der Waals surface area contributed by atoms with Crippen molar-refractivity contribution in [1.82, 2.24) is 20.4 Å². The Hall–Kier alpha value is -3.96. The van der Waals surface area contributed by atoms with Crippen LogP contribution in [0.5, 0.6) is 0 Å². The van der Waals surface area contributed by atoms with E-state index in [1.807, 2.05) is 45.9 Å². The van der Waals surface area contributed by atoms with Gasteiger partial charge in [0.1, 0.15) is 19.2 Å². The number of nitrogens with zero attached hydrogens (tertiary/aromatic N) is 2. The first-order chi connectivity index (χ1) is 17.0. The molecule has 2 amide bonds. The van der Waals surface area contributed by atoms with E-state index >= 15 is 0 Å². The summed E-state index contributed by atoms with van der Waals surface area (Å²) in [5.41, 5.74) is 0.781. The molecule has 0 fully saturated rings. The van der Waals surface area contributed by atoms with Crippen LogP contribution in [0, 0.1) is 11.8 Å². The van der Waals surface area contributed by atoms with E-state index in [0.29, 0.717) is 4.68 Å². The lowest BCUT2D eigenvalue weighted by Crippen LogP contribution is -2.52. The summed E-state index contributed by atoms with van der Waals surface area (Å²) in [6, 6.07) is 6.93. The van der Waals surface area contributed by atoms with Crippen LogP contribution in [0.25, 0.3) is 0 Å². The molecule has 0 aliphatic rings. The van der Waals surface area contributed by atoms with E-state index in [9.17, 15) is 24.0 Å². The van der Waals surface area contributed by atoms with Crippen molar-refractivity contribution in [3.8, 4) is 0 Å². The lowest BCUT2D eigenvalue weighted by molar-refractivity contribution is -0.138. The third kappa shape index (κ3) is 9.01. The summed E-state index contributed by atoms with van der Waals surface area (Å²) in [6.45, 7) is 6.65. The molecule has 0 saturated carbocycles. The zero-order valence-corrected chi connectivity index (χ0v) is 20.7. The number of hydrogen-bond acceptors (Lipinski definition) is 8. The summed E-state index contributed by atoms with van der Waals surface area (Å²) in [6.07, 6.45) is -0.325. The number of carbonyl (C=O) groups excluding carboxylic acids is 3. The Balaban J connectivity index is 2.14. The standard InChI is InChI=1S/C24H32N4O8/c1-14(2)10-17(20(31)22-27-28(12-19(29)30)24(34)36-22)25-21(32)18(11-15(3)4)26-23(33)35-13-16-8-6-5-7-9-16/h5-9,14-15,17-18H,10-13H2,1-4H3,(H,25,32)(H,26,33)(H,29,30)/t17-,18-/m0/s1. The first-order valence-corrected chi connectivity index (χ1v) is 11.6. The summed E-state index contributed by atoms with van der Waals surface area (Å²) < 4.78 is 10.6. The van der Waals surface area contributed by atoms with E-state index in [-0.39, 0.29) is 31.3 Å². The van der Waals surface area contributed by atoms with Crippen LogP contribution >= 0.6 is 0 Å². The number of carbonyl (C=O) groups is 4. The maximum absolute atomic E-state index is 13.1. The van der Waals surface area contributed by atoms with Gasteiger partial charge in [0.25, 0.3) is 5.89 Å². The molecule has 0 spiro atoms. The average Bonchev–Trinajstić information content (AvgIpc) is 3.15. The average molecular weight is 505 g/mol. The van der Waals surface area contributed by atoms with Gasteiger partial charge in [-0.1, -0.05) is 58.0 Å². The zero-order chi connectivity index (χ0) is 26.8. The molecule has 36 heavy (non-hydrogen) atoms. The molecule has 2 atom stereocenters. The summed E-state index contributed by atoms with van der Waals surface area (Å²) >= 11 is 0. The Morgan fingerprint density at radius 3 is 2.19 bits per heavy atom. The molecule has 0 aliphatic heterocycles. The topological polar surface area (TPSA) is 170 Å². The van der Waals surface area contributed by atoms with Gasteiger partial charge in [0.2, 0.25) is 11.7 Å². The molecule has 0 saturated heterocycles. The molecule has 0 unspecified atom stereocenters. The molecule has 196 valence electrons. The number of aromatic nitrogens is 2. The number of amides is 2. The first-order valence-electron chi connectivity index (χ1n) is 11.6. The smallest absolute Gasteiger partial charge is 0.438 e. The highest BCUT2D eigenvalue weighted by Crippen LogP contribution is 2.12. The maximum atomic E-state index is 13.1. The Bertz CT molecular complexity index is 1110. The number of aliphatic carboxylic acids is 1. The summed E-state index contributed by atoms with van der Waals surface area (Å²) in [7, 11) is 0. The van der Waals surface area contributed by atoms with Crippen molar-refractivity contribution in [2.75, 3.05) is 0 Å². The fourth-order valence-corrected chi connectivity index (χ4v) is 3.37. The van der Waals surface area contributed by atoms with E-state index in [0.717, 1.165) is 5.56 Å². The molecule has 0 aliphatic carbocycles. The van der Waals surface area contributed by atoms with Crippen molar-refractivity contribution >= 4 is 23.8 Å². The van der Waals surface area contributed by atoms with Gasteiger partial charge in [-0.2, -0.15) is 4.68 Å². The highest BCUT2D eigenvalue weighted by molar-refractivity contribution is 5.99. The maximum Gasteiger partial charge on any atom is 0.438 e. The van der Waals surface area contributed by atoms with Gasteiger partial charge < -0.3 is 24.9 Å². The van der Waals surface area contributed by atoms with E-state index in [2.05, 4.69) is 15.7 Å². The molecule has 2 aromatic rings. The van der Waals surface area contributed by atoms with E-state index in [4.69, 9.17) is 14.3 Å². The summed E-state index contributed by atoms with van der Waals surface area (Å²) in [5.74, 6) is -4.46. The van der Waals surface area contributed by atoms with Gasteiger partial charge >= 0.3 is 17.8 Å². The highest BCUT2D eigenvalue weighted by Gasteiger charge is 2.31. The Kier molecular flexibility index (Phi) is 10.4. The lowest BCUT2D eigenvalue weighted by Gasteiger charge is -2.24. The van der Waals surface area contributed by atoms with Crippen molar-refractivity contribution < 1.29 is 33.4 Å². The minimum absolute atomic E-state index is 0.0230. The molecule has 1 aromatic carbocycles. The molecule has 12 heteroatoms. The number of nitrogens with one attached hydrogen (secondary N) is 2. The Morgan fingerprint density at radius 2 is 1.61 bits per heavy atom. The fraction of sp³-hybridized carbons (Fsp3) is 0.500. The summed E-state index contributed by atoms with van der Waals surface area (Å²) in [5, 5.41) is 17.7. The lowest BCUT2D eigenvalue weighted by atomic mass is 9.98. The zero-order valence-electron chi connectivity index (χ0n) is 20.7. The van der Waals surface area contributed by atoms with E-state index in [1.54, 1.807) is 12.1 Å². The predicted molar refractivity (Wildman–Crippen MR) is 127 cm³/mol. The van der Waals surface area contributed by atoms with Gasteiger partial charge in [-0.3, -0.25) is 14.4 Å². The number of ether oxygens (including phenoxy) is 1. The first kappa shape index (κ1) is 28.3. The van der Waals surface area contributed by atoms with Crippen molar-refractivity contribution in [3.05, 3.63) is 52.3 Å². The minimum atomic E-state index is -1.34. The van der Waals surface area contributed by atoms with Gasteiger partial charge in [0.05, 0.1) is 6.04 Å². The van der Waals surface area contributed by atoms with Crippen LogP contribution in [-0.2, 0) is 27.5 Å². The number of carboxylic acid groups (broad SMARTS) is 1. The Morgan fingerprint density at radius 1 is 1.00 bits per heavy atom.